The number of hydrogen-bond acceptors (Lipinski definition) is 5. The molecule has 132 valence electrons. The van der Waals surface area contributed by atoms with E-state index in [1.807, 2.05) is 63.1 Å². The molecule has 25 heavy (non-hydrogen) atoms. The van der Waals surface area contributed by atoms with Gasteiger partial charge in [-0.05, 0) is 33.8 Å². The Morgan fingerprint density at radius 1 is 1.20 bits per heavy atom. The second-order valence-corrected chi connectivity index (χ2v) is 7.32. The Morgan fingerprint density at radius 3 is 2.64 bits per heavy atom. The molecule has 0 saturated heterocycles. The molecule has 1 aromatic carbocycles. The minimum Gasteiger partial charge on any atom is -0.411 e. The van der Waals surface area contributed by atoms with Gasteiger partial charge in [0.1, 0.15) is 0 Å². The van der Waals surface area contributed by atoms with Crippen molar-refractivity contribution in [2.24, 2.45) is 0 Å². The summed E-state index contributed by atoms with van der Waals surface area (Å²) in [5.41, 5.74) is 1.89. The molecular weight excluding hydrogens is 336 g/mol. The summed E-state index contributed by atoms with van der Waals surface area (Å²) in [4.78, 5) is 17.5. The Kier molecular flexibility index (Phi) is 5.13. The van der Waals surface area contributed by atoms with Crippen LogP contribution in [0, 0.1) is 0 Å². The van der Waals surface area contributed by atoms with E-state index >= 15 is 0 Å². The first-order chi connectivity index (χ1) is 12.0. The van der Waals surface area contributed by atoms with Crippen LogP contribution in [0.2, 0.25) is 0 Å². The fourth-order valence-corrected chi connectivity index (χ4v) is 3.63. The average Bonchev–Trinajstić information content (AvgIpc) is 3.18. The van der Waals surface area contributed by atoms with Gasteiger partial charge in [-0.2, -0.15) is 0 Å². The van der Waals surface area contributed by atoms with E-state index in [0.717, 1.165) is 16.5 Å². The molecule has 6 nitrogen and oxygen atoms in total. The summed E-state index contributed by atoms with van der Waals surface area (Å²) in [7, 11) is 0. The van der Waals surface area contributed by atoms with Crippen molar-refractivity contribution in [3.8, 4) is 11.5 Å². The molecule has 1 amide bonds. The van der Waals surface area contributed by atoms with Crippen LogP contribution in [0.4, 0.5) is 0 Å². The van der Waals surface area contributed by atoms with Crippen molar-refractivity contribution in [2.75, 3.05) is 5.75 Å². The van der Waals surface area contributed by atoms with Gasteiger partial charge in [0.05, 0.1) is 11.3 Å². The van der Waals surface area contributed by atoms with Crippen molar-refractivity contribution in [1.82, 2.24) is 20.1 Å². The summed E-state index contributed by atoms with van der Waals surface area (Å²) in [5.74, 6) is 0.810. The molecule has 0 aliphatic carbocycles. The summed E-state index contributed by atoms with van der Waals surface area (Å²) >= 11 is 1.27. The van der Waals surface area contributed by atoms with Crippen molar-refractivity contribution in [1.29, 1.82) is 0 Å². The molecule has 2 heterocycles. The lowest BCUT2D eigenvalue weighted by molar-refractivity contribution is -0.131. The monoisotopic (exact) mass is 358 g/mol. The summed E-state index contributed by atoms with van der Waals surface area (Å²) in [6.45, 7) is 8.07. The van der Waals surface area contributed by atoms with Gasteiger partial charge in [0.2, 0.25) is 5.91 Å². The molecule has 0 spiro atoms. The van der Waals surface area contributed by atoms with Gasteiger partial charge in [0.15, 0.2) is 0 Å². The van der Waals surface area contributed by atoms with Crippen LogP contribution in [-0.4, -0.2) is 43.8 Å². The summed E-state index contributed by atoms with van der Waals surface area (Å²) in [5, 5.41) is 9.62. The van der Waals surface area contributed by atoms with E-state index in [1.54, 1.807) is 0 Å². The zero-order chi connectivity index (χ0) is 18.0. The molecule has 0 saturated carbocycles. The standard InChI is InChI=1S/C18H22N4O2S/c1-11(2)22(12(3)4)16(23)10-25-18-21-20-17(24-18)14-9-19-15-8-6-5-7-13(14)15/h5-9,11-12,19H,10H2,1-4H3. The van der Waals surface area contributed by atoms with E-state index in [1.165, 1.54) is 11.8 Å². The number of rotatable bonds is 6. The molecule has 0 aliphatic rings. The molecule has 3 rings (SSSR count). The molecule has 0 atom stereocenters. The Bertz CT molecular complexity index is 861. The van der Waals surface area contributed by atoms with Crippen molar-refractivity contribution in [2.45, 2.75) is 45.0 Å². The first kappa shape index (κ1) is 17.5. The van der Waals surface area contributed by atoms with Gasteiger partial charge in [-0.3, -0.25) is 4.79 Å². The van der Waals surface area contributed by atoms with Gasteiger partial charge < -0.3 is 14.3 Å². The molecule has 1 N–H and O–H groups in total. The highest BCUT2D eigenvalue weighted by molar-refractivity contribution is 7.99. The van der Waals surface area contributed by atoms with Gasteiger partial charge in [-0.25, -0.2) is 0 Å². The number of carbonyl (C=O) groups excluding carboxylic acids is 1. The third kappa shape index (κ3) is 3.71. The topological polar surface area (TPSA) is 75.0 Å². The number of fused-ring (bicyclic) bond motifs is 1. The van der Waals surface area contributed by atoms with Crippen LogP contribution in [0.5, 0.6) is 0 Å². The number of H-pyrrole nitrogens is 1. The van der Waals surface area contributed by atoms with Crippen LogP contribution in [0.15, 0.2) is 40.1 Å². The predicted octanol–water partition coefficient (Wildman–Crippen LogP) is 3.96. The number of benzene rings is 1. The largest absolute Gasteiger partial charge is 0.411 e. The Morgan fingerprint density at radius 2 is 1.92 bits per heavy atom. The van der Waals surface area contributed by atoms with E-state index in [4.69, 9.17) is 4.42 Å². The van der Waals surface area contributed by atoms with E-state index < -0.39 is 0 Å². The quantitative estimate of drug-likeness (QED) is 0.675. The maximum Gasteiger partial charge on any atom is 0.277 e. The first-order valence-corrected chi connectivity index (χ1v) is 9.30. The molecule has 2 aromatic heterocycles. The lowest BCUT2D eigenvalue weighted by Gasteiger charge is -2.30. The number of aromatic amines is 1. The fourth-order valence-electron chi connectivity index (χ4n) is 3.00. The van der Waals surface area contributed by atoms with Crippen LogP contribution < -0.4 is 0 Å². The third-order valence-corrected chi connectivity index (χ3v) is 4.75. The lowest BCUT2D eigenvalue weighted by Crippen LogP contribution is -2.43. The van der Waals surface area contributed by atoms with Gasteiger partial charge in [0, 0.05) is 29.2 Å². The molecule has 0 fully saturated rings. The second kappa shape index (κ2) is 7.31. The van der Waals surface area contributed by atoms with Crippen LogP contribution in [0.3, 0.4) is 0 Å². The Hall–Kier alpha value is -2.28. The zero-order valence-corrected chi connectivity index (χ0v) is 15.6. The van der Waals surface area contributed by atoms with Crippen LogP contribution in [0.1, 0.15) is 27.7 Å². The summed E-state index contributed by atoms with van der Waals surface area (Å²) in [6.07, 6.45) is 1.86. The van der Waals surface area contributed by atoms with Crippen molar-refractivity contribution >= 4 is 28.6 Å². The smallest absolute Gasteiger partial charge is 0.277 e. The Labute approximate surface area is 151 Å². The number of nitrogens with one attached hydrogen (secondary N) is 1. The molecule has 0 bridgehead atoms. The van der Waals surface area contributed by atoms with E-state index in [2.05, 4.69) is 15.2 Å². The maximum absolute atomic E-state index is 12.4. The molecule has 0 unspecified atom stereocenters. The van der Waals surface area contributed by atoms with Crippen LogP contribution >= 0.6 is 11.8 Å². The zero-order valence-electron chi connectivity index (χ0n) is 14.8. The van der Waals surface area contributed by atoms with Crippen molar-refractivity contribution < 1.29 is 9.21 Å². The lowest BCUT2D eigenvalue weighted by atomic mass is 10.2. The third-order valence-electron chi connectivity index (χ3n) is 3.95. The SMILES string of the molecule is CC(C)N(C(=O)CSc1nnc(-c2c[nH]c3ccccc23)o1)C(C)C. The molecule has 3 aromatic rings. The predicted molar refractivity (Wildman–Crippen MR) is 99.4 cm³/mol. The van der Waals surface area contributed by atoms with E-state index in [-0.39, 0.29) is 23.7 Å². The minimum atomic E-state index is 0.0712. The number of carbonyl (C=O) groups is 1. The van der Waals surface area contributed by atoms with Crippen LogP contribution in [0.25, 0.3) is 22.4 Å². The first-order valence-electron chi connectivity index (χ1n) is 8.31. The number of para-hydroxylation sites is 1. The van der Waals surface area contributed by atoms with Gasteiger partial charge in [-0.1, -0.05) is 30.0 Å². The Balaban J connectivity index is 1.71. The fraction of sp³-hybridized carbons (Fsp3) is 0.389. The number of amides is 1. The van der Waals surface area contributed by atoms with Gasteiger partial charge in [-0.15, -0.1) is 10.2 Å². The van der Waals surface area contributed by atoms with Gasteiger partial charge in [0.25, 0.3) is 11.1 Å². The molecular formula is C18H22N4O2S. The number of thioether (sulfide) groups is 1. The van der Waals surface area contributed by atoms with Crippen LogP contribution in [-0.2, 0) is 4.79 Å². The minimum absolute atomic E-state index is 0.0712. The highest BCUT2D eigenvalue weighted by atomic mass is 32.2. The van der Waals surface area contributed by atoms with Crippen molar-refractivity contribution in [3.63, 3.8) is 0 Å². The number of hydrogen-bond donors (Lipinski definition) is 1. The second-order valence-electron chi connectivity index (χ2n) is 6.40. The highest BCUT2D eigenvalue weighted by Crippen LogP contribution is 2.29. The normalized spacial score (nSPS) is 11.6. The number of aromatic nitrogens is 3. The molecule has 7 heteroatoms. The number of nitrogens with zero attached hydrogens (tertiary/aromatic N) is 3. The molecule has 0 aliphatic heterocycles. The average molecular weight is 358 g/mol. The highest BCUT2D eigenvalue weighted by Gasteiger charge is 2.21. The van der Waals surface area contributed by atoms with Gasteiger partial charge >= 0.3 is 0 Å². The van der Waals surface area contributed by atoms with Crippen molar-refractivity contribution in [3.05, 3.63) is 30.5 Å². The van der Waals surface area contributed by atoms with E-state index in [9.17, 15) is 4.79 Å². The maximum atomic E-state index is 12.4. The summed E-state index contributed by atoms with van der Waals surface area (Å²) < 4.78 is 5.74. The summed E-state index contributed by atoms with van der Waals surface area (Å²) in [6, 6.07) is 8.27. The van der Waals surface area contributed by atoms with E-state index in [0.29, 0.717) is 11.1 Å². The molecule has 0 radical (unpaired) electrons.